The predicted molar refractivity (Wildman–Crippen MR) is 151 cm³/mol. The third-order valence-corrected chi connectivity index (χ3v) is 6.97. The summed E-state index contributed by atoms with van der Waals surface area (Å²) in [5, 5.41) is 8.93. The maximum Gasteiger partial charge on any atom is 0.228 e. The number of carbonyl (C=O) groups is 1. The lowest BCUT2D eigenvalue weighted by molar-refractivity contribution is -0.130. The highest BCUT2D eigenvalue weighted by atomic mass is 16.2. The number of rotatable bonds is 8. The van der Waals surface area contributed by atoms with E-state index in [1.807, 2.05) is 35.6 Å². The van der Waals surface area contributed by atoms with Gasteiger partial charge in [-0.25, -0.2) is 4.68 Å². The van der Waals surface area contributed by atoms with Gasteiger partial charge in [-0.1, -0.05) is 92.2 Å². The van der Waals surface area contributed by atoms with Crippen molar-refractivity contribution in [2.75, 3.05) is 13.1 Å². The maximum absolute atomic E-state index is 12.9. The van der Waals surface area contributed by atoms with Crippen molar-refractivity contribution in [2.45, 2.75) is 59.8 Å². The summed E-state index contributed by atoms with van der Waals surface area (Å²) in [5.41, 5.74) is 8.84. The van der Waals surface area contributed by atoms with Crippen molar-refractivity contribution in [1.82, 2.24) is 19.9 Å². The fourth-order valence-corrected chi connectivity index (χ4v) is 4.54. The van der Waals surface area contributed by atoms with E-state index in [0.717, 1.165) is 22.6 Å². The number of nitrogens with zero attached hydrogens (tertiary/aromatic N) is 4. The molecule has 1 heterocycles. The summed E-state index contributed by atoms with van der Waals surface area (Å²) in [6, 6.07) is 25.7. The Morgan fingerprint density at radius 1 is 0.838 bits per heavy atom. The van der Waals surface area contributed by atoms with Crippen molar-refractivity contribution in [3.8, 4) is 16.8 Å². The molecule has 0 aliphatic carbocycles. The Balaban J connectivity index is 1.62. The first-order valence-electron chi connectivity index (χ1n) is 13.2. The summed E-state index contributed by atoms with van der Waals surface area (Å²) in [6.45, 7) is 14.2. The number of likely N-dealkylation sites (N-methyl/N-ethyl adjacent to an activating group) is 1. The van der Waals surface area contributed by atoms with E-state index < -0.39 is 0 Å². The Kier molecular flexibility index (Phi) is 7.91. The van der Waals surface area contributed by atoms with Gasteiger partial charge in [-0.15, -0.1) is 5.10 Å². The minimum atomic E-state index is 0.0799. The molecule has 192 valence electrons. The topological polar surface area (TPSA) is 51.0 Å². The van der Waals surface area contributed by atoms with Crippen LogP contribution in [0.25, 0.3) is 16.8 Å². The highest BCUT2D eigenvalue weighted by Gasteiger charge is 2.20. The molecule has 0 saturated carbocycles. The molecule has 0 N–H and O–H groups in total. The van der Waals surface area contributed by atoms with Crippen molar-refractivity contribution < 1.29 is 4.79 Å². The largest absolute Gasteiger partial charge is 0.343 e. The van der Waals surface area contributed by atoms with Crippen molar-refractivity contribution in [3.63, 3.8) is 0 Å². The van der Waals surface area contributed by atoms with Gasteiger partial charge in [0, 0.05) is 19.5 Å². The zero-order valence-corrected chi connectivity index (χ0v) is 23.0. The van der Waals surface area contributed by atoms with Gasteiger partial charge in [-0.2, -0.15) is 0 Å². The molecule has 37 heavy (non-hydrogen) atoms. The van der Waals surface area contributed by atoms with Crippen LogP contribution >= 0.6 is 0 Å². The SMILES string of the molecule is CCN(CC)C(=O)Cc1nnn(-c2ccc(C)cc2)c1Cc1ccc(-c2ccc(C(C)(C)C)cc2)cc1. The number of hydrogen-bond acceptors (Lipinski definition) is 3. The van der Waals surface area contributed by atoms with Gasteiger partial charge < -0.3 is 4.90 Å². The van der Waals surface area contributed by atoms with Crippen LogP contribution in [-0.4, -0.2) is 38.9 Å². The van der Waals surface area contributed by atoms with Crippen molar-refractivity contribution in [3.05, 3.63) is 101 Å². The van der Waals surface area contributed by atoms with Crippen molar-refractivity contribution in [2.24, 2.45) is 0 Å². The first-order valence-corrected chi connectivity index (χ1v) is 13.2. The van der Waals surface area contributed by atoms with Gasteiger partial charge in [0.05, 0.1) is 23.5 Å². The van der Waals surface area contributed by atoms with Crippen LogP contribution in [0.5, 0.6) is 0 Å². The van der Waals surface area contributed by atoms with Gasteiger partial charge in [0.15, 0.2) is 0 Å². The van der Waals surface area contributed by atoms with Crippen LogP contribution in [0.15, 0.2) is 72.8 Å². The Labute approximate surface area is 221 Å². The molecule has 0 unspecified atom stereocenters. The van der Waals surface area contributed by atoms with Crippen LogP contribution in [0.3, 0.4) is 0 Å². The number of benzene rings is 3. The standard InChI is InChI=1S/C32H38N4O/c1-7-35(8-2)31(37)22-29-30(36(34-33-29)28-19-9-23(3)10-20-28)21-24-11-13-25(14-12-24)26-15-17-27(18-16-26)32(4,5)6/h9-20H,7-8,21-22H2,1-6H3. The lowest BCUT2D eigenvalue weighted by Gasteiger charge is -2.19. The van der Waals surface area contributed by atoms with Gasteiger partial charge in [0.2, 0.25) is 5.91 Å². The second kappa shape index (κ2) is 11.1. The summed E-state index contributed by atoms with van der Waals surface area (Å²) in [5.74, 6) is 0.0799. The Morgan fingerprint density at radius 3 is 1.95 bits per heavy atom. The Bertz CT molecular complexity index is 1320. The highest BCUT2D eigenvalue weighted by Crippen LogP contribution is 2.27. The van der Waals surface area contributed by atoms with Crippen LogP contribution < -0.4 is 0 Å². The van der Waals surface area contributed by atoms with E-state index >= 15 is 0 Å². The number of carbonyl (C=O) groups excluding carboxylic acids is 1. The first-order chi connectivity index (χ1) is 17.7. The molecule has 0 aliphatic rings. The number of hydrogen-bond donors (Lipinski definition) is 0. The summed E-state index contributed by atoms with van der Waals surface area (Å²) >= 11 is 0. The molecule has 0 fully saturated rings. The highest BCUT2D eigenvalue weighted by molar-refractivity contribution is 5.78. The Hall–Kier alpha value is -3.73. The second-order valence-electron chi connectivity index (χ2n) is 10.7. The molecule has 0 radical (unpaired) electrons. The average Bonchev–Trinajstić information content (AvgIpc) is 3.27. The van der Waals surface area contributed by atoms with Gasteiger partial charge >= 0.3 is 0 Å². The molecule has 0 atom stereocenters. The number of aromatic nitrogens is 3. The lowest BCUT2D eigenvalue weighted by atomic mass is 9.86. The Morgan fingerprint density at radius 2 is 1.41 bits per heavy atom. The minimum absolute atomic E-state index is 0.0799. The summed E-state index contributed by atoms with van der Waals surface area (Å²) in [7, 11) is 0. The molecule has 0 spiro atoms. The number of amides is 1. The van der Waals surface area contributed by atoms with Gasteiger partial charge in [0.25, 0.3) is 0 Å². The van der Waals surface area contributed by atoms with Crippen LogP contribution in [0.1, 0.15) is 62.7 Å². The molecule has 1 amide bonds. The maximum atomic E-state index is 12.9. The third kappa shape index (κ3) is 6.16. The smallest absolute Gasteiger partial charge is 0.228 e. The van der Waals surface area contributed by atoms with Gasteiger partial charge in [0.1, 0.15) is 0 Å². The van der Waals surface area contributed by atoms with Crippen LogP contribution in [-0.2, 0) is 23.1 Å². The quantitative estimate of drug-likeness (QED) is 0.279. The second-order valence-corrected chi connectivity index (χ2v) is 10.7. The van der Waals surface area contributed by atoms with Crippen molar-refractivity contribution >= 4 is 5.91 Å². The predicted octanol–water partition coefficient (Wildman–Crippen LogP) is 6.54. The molecule has 0 bridgehead atoms. The molecule has 0 aliphatic heterocycles. The van der Waals surface area contributed by atoms with E-state index in [1.54, 1.807) is 0 Å². The molecule has 0 saturated heterocycles. The minimum Gasteiger partial charge on any atom is -0.343 e. The van der Waals surface area contributed by atoms with Crippen LogP contribution in [0, 0.1) is 6.92 Å². The van der Waals surface area contributed by atoms with E-state index in [0.29, 0.717) is 19.5 Å². The summed E-state index contributed by atoms with van der Waals surface area (Å²) < 4.78 is 1.88. The fourth-order valence-electron chi connectivity index (χ4n) is 4.54. The van der Waals surface area contributed by atoms with Crippen molar-refractivity contribution in [1.29, 1.82) is 0 Å². The summed E-state index contributed by atoms with van der Waals surface area (Å²) in [6.07, 6.45) is 0.895. The molecule has 5 heteroatoms. The van der Waals surface area contributed by atoms with E-state index in [9.17, 15) is 4.79 Å². The van der Waals surface area contributed by atoms with Crippen LogP contribution in [0.4, 0.5) is 0 Å². The lowest BCUT2D eigenvalue weighted by Crippen LogP contribution is -2.32. The van der Waals surface area contributed by atoms with E-state index in [2.05, 4.69) is 98.7 Å². The molecular formula is C32H38N4O. The molecule has 1 aromatic heterocycles. The third-order valence-electron chi connectivity index (χ3n) is 6.97. The molecule has 4 aromatic rings. The average molecular weight is 495 g/mol. The van der Waals surface area contributed by atoms with Gasteiger partial charge in [-0.05, 0) is 60.6 Å². The molecule has 4 rings (SSSR count). The fraction of sp³-hybridized carbons (Fsp3) is 0.344. The molecule has 5 nitrogen and oxygen atoms in total. The zero-order valence-electron chi connectivity index (χ0n) is 23.0. The molecule has 3 aromatic carbocycles. The molecular weight excluding hydrogens is 456 g/mol. The monoisotopic (exact) mass is 494 g/mol. The normalized spacial score (nSPS) is 11.5. The first kappa shape index (κ1) is 26.3. The number of aryl methyl sites for hydroxylation is 1. The van der Waals surface area contributed by atoms with E-state index in [1.165, 1.54) is 22.3 Å². The summed E-state index contributed by atoms with van der Waals surface area (Å²) in [4.78, 5) is 14.7. The zero-order chi connectivity index (χ0) is 26.6. The van der Waals surface area contributed by atoms with Gasteiger partial charge in [-0.3, -0.25) is 4.79 Å². The van der Waals surface area contributed by atoms with E-state index in [-0.39, 0.29) is 17.7 Å². The van der Waals surface area contributed by atoms with Crippen LogP contribution in [0.2, 0.25) is 0 Å². The van der Waals surface area contributed by atoms with E-state index in [4.69, 9.17) is 0 Å².